The van der Waals surface area contributed by atoms with Gasteiger partial charge in [0.25, 0.3) is 0 Å². The van der Waals surface area contributed by atoms with Crippen molar-refractivity contribution in [3.8, 4) is 0 Å². The molecule has 1 unspecified atom stereocenters. The van der Waals surface area contributed by atoms with E-state index in [0.717, 1.165) is 0 Å². The molecule has 0 bridgehead atoms. The van der Waals surface area contributed by atoms with Crippen molar-refractivity contribution < 1.29 is 20.1 Å². The van der Waals surface area contributed by atoms with Crippen molar-refractivity contribution in [1.82, 2.24) is 19.5 Å². The first-order chi connectivity index (χ1) is 9.05. The first-order valence-electron chi connectivity index (χ1n) is 5.85. The predicted octanol–water partition coefficient (Wildman–Crippen LogP) is -1.17. The molecule has 1 aliphatic heterocycles. The average molecular weight is 266 g/mol. The van der Waals surface area contributed by atoms with Crippen molar-refractivity contribution >= 4 is 11.2 Å². The van der Waals surface area contributed by atoms with Crippen molar-refractivity contribution in [3.63, 3.8) is 0 Å². The summed E-state index contributed by atoms with van der Waals surface area (Å²) in [4.78, 5) is 12.0. The van der Waals surface area contributed by atoms with E-state index >= 15 is 0 Å². The van der Waals surface area contributed by atoms with Crippen LogP contribution in [0.4, 0.5) is 0 Å². The summed E-state index contributed by atoms with van der Waals surface area (Å²) in [5.41, 5.74) is -0.499. The molecule has 0 aliphatic carbocycles. The van der Waals surface area contributed by atoms with Crippen LogP contribution in [0.3, 0.4) is 0 Å². The Labute approximate surface area is 108 Å². The highest BCUT2D eigenvalue weighted by Crippen LogP contribution is 2.38. The first-order valence-corrected chi connectivity index (χ1v) is 5.85. The maximum atomic E-state index is 10.4. The van der Waals surface area contributed by atoms with Crippen molar-refractivity contribution in [2.75, 3.05) is 6.61 Å². The molecule has 4 atom stereocenters. The van der Waals surface area contributed by atoms with Crippen LogP contribution in [-0.2, 0) is 4.74 Å². The summed E-state index contributed by atoms with van der Waals surface area (Å²) < 4.78 is 7.03. The molecule has 3 heterocycles. The SMILES string of the molecule is C[C@]1(O)C(O)[C@@H](CO)O[C@H]1n1cnc2cncnc21. The topological polar surface area (TPSA) is 114 Å². The van der Waals surface area contributed by atoms with E-state index in [1.54, 1.807) is 6.20 Å². The van der Waals surface area contributed by atoms with Gasteiger partial charge in [-0.1, -0.05) is 0 Å². The van der Waals surface area contributed by atoms with Crippen LogP contribution < -0.4 is 0 Å². The van der Waals surface area contributed by atoms with Gasteiger partial charge in [0.05, 0.1) is 19.1 Å². The van der Waals surface area contributed by atoms with E-state index < -0.39 is 24.0 Å². The Hall–Kier alpha value is -1.61. The van der Waals surface area contributed by atoms with Crippen molar-refractivity contribution in [3.05, 3.63) is 18.9 Å². The molecule has 8 nitrogen and oxygen atoms in total. The van der Waals surface area contributed by atoms with Gasteiger partial charge in [-0.3, -0.25) is 4.57 Å². The molecule has 3 rings (SSSR count). The van der Waals surface area contributed by atoms with Crippen molar-refractivity contribution in [2.45, 2.75) is 31.0 Å². The molecule has 0 saturated carbocycles. The minimum Gasteiger partial charge on any atom is -0.394 e. The van der Waals surface area contributed by atoms with Gasteiger partial charge in [0.2, 0.25) is 0 Å². The van der Waals surface area contributed by atoms with E-state index in [1.807, 2.05) is 0 Å². The zero-order valence-corrected chi connectivity index (χ0v) is 10.2. The molecule has 0 aromatic carbocycles. The van der Waals surface area contributed by atoms with Gasteiger partial charge in [0.15, 0.2) is 11.9 Å². The normalized spacial score (nSPS) is 35.1. The van der Waals surface area contributed by atoms with Gasteiger partial charge in [-0.15, -0.1) is 0 Å². The molecule has 1 fully saturated rings. The van der Waals surface area contributed by atoms with Gasteiger partial charge in [-0.2, -0.15) is 0 Å². The van der Waals surface area contributed by atoms with Crippen LogP contribution in [-0.4, -0.2) is 59.3 Å². The van der Waals surface area contributed by atoms with Gasteiger partial charge < -0.3 is 20.1 Å². The number of aromatic nitrogens is 4. The molecule has 19 heavy (non-hydrogen) atoms. The van der Waals surface area contributed by atoms with Crippen LogP contribution in [0.25, 0.3) is 11.2 Å². The molecule has 8 heteroatoms. The molecular formula is C11H14N4O4. The number of hydrogen-bond acceptors (Lipinski definition) is 7. The fourth-order valence-electron chi connectivity index (χ4n) is 2.35. The summed E-state index contributed by atoms with van der Waals surface area (Å²) in [6.07, 6.45) is 1.46. The number of aliphatic hydroxyl groups excluding tert-OH is 2. The number of nitrogens with zero attached hydrogens (tertiary/aromatic N) is 4. The average Bonchev–Trinajstić information content (AvgIpc) is 2.91. The molecule has 2 aromatic rings. The molecule has 2 aromatic heterocycles. The second-order valence-electron chi connectivity index (χ2n) is 4.76. The third-order valence-electron chi connectivity index (χ3n) is 3.43. The Morgan fingerprint density at radius 1 is 1.47 bits per heavy atom. The van der Waals surface area contributed by atoms with E-state index in [9.17, 15) is 10.2 Å². The monoisotopic (exact) mass is 266 g/mol. The lowest BCUT2D eigenvalue weighted by Gasteiger charge is -2.27. The Kier molecular flexibility index (Phi) is 2.75. The van der Waals surface area contributed by atoms with Gasteiger partial charge in [-0.05, 0) is 6.92 Å². The van der Waals surface area contributed by atoms with Crippen LogP contribution >= 0.6 is 0 Å². The van der Waals surface area contributed by atoms with E-state index in [4.69, 9.17) is 9.84 Å². The van der Waals surface area contributed by atoms with Crippen LogP contribution in [0, 0.1) is 0 Å². The molecule has 0 spiro atoms. The Balaban J connectivity index is 2.07. The number of imidazole rings is 1. The summed E-state index contributed by atoms with van der Waals surface area (Å²) in [5, 5.41) is 29.5. The largest absolute Gasteiger partial charge is 0.394 e. The zero-order chi connectivity index (χ0) is 13.6. The molecule has 1 aliphatic rings. The maximum Gasteiger partial charge on any atom is 0.168 e. The zero-order valence-electron chi connectivity index (χ0n) is 10.2. The second kappa shape index (κ2) is 4.20. The Morgan fingerprint density at radius 2 is 2.26 bits per heavy atom. The van der Waals surface area contributed by atoms with E-state index in [2.05, 4.69) is 15.0 Å². The van der Waals surface area contributed by atoms with Gasteiger partial charge in [-0.25, -0.2) is 15.0 Å². The van der Waals surface area contributed by atoms with Crippen molar-refractivity contribution in [1.29, 1.82) is 0 Å². The molecule has 102 valence electrons. The summed E-state index contributed by atoms with van der Waals surface area (Å²) >= 11 is 0. The molecular weight excluding hydrogens is 252 g/mol. The van der Waals surface area contributed by atoms with Crippen LogP contribution in [0.1, 0.15) is 13.2 Å². The second-order valence-corrected chi connectivity index (χ2v) is 4.76. The molecule has 3 N–H and O–H groups in total. The lowest BCUT2D eigenvalue weighted by molar-refractivity contribution is -0.0950. The highest BCUT2D eigenvalue weighted by Gasteiger charge is 2.53. The third kappa shape index (κ3) is 1.72. The lowest BCUT2D eigenvalue weighted by atomic mass is 9.96. The molecule has 0 amide bonds. The smallest absolute Gasteiger partial charge is 0.168 e. The maximum absolute atomic E-state index is 10.4. The van der Waals surface area contributed by atoms with E-state index in [-0.39, 0.29) is 6.61 Å². The highest BCUT2D eigenvalue weighted by atomic mass is 16.6. The predicted molar refractivity (Wildman–Crippen MR) is 62.9 cm³/mol. The molecule has 1 saturated heterocycles. The lowest BCUT2D eigenvalue weighted by Crippen LogP contribution is -2.44. The van der Waals surface area contributed by atoms with Gasteiger partial charge in [0.1, 0.15) is 29.7 Å². The minimum absolute atomic E-state index is 0.380. The van der Waals surface area contributed by atoms with E-state index in [0.29, 0.717) is 11.2 Å². The Morgan fingerprint density at radius 3 is 2.95 bits per heavy atom. The van der Waals surface area contributed by atoms with Crippen molar-refractivity contribution in [2.24, 2.45) is 0 Å². The highest BCUT2D eigenvalue weighted by molar-refractivity contribution is 5.69. The van der Waals surface area contributed by atoms with Gasteiger partial charge >= 0.3 is 0 Å². The number of ether oxygens (including phenoxy) is 1. The summed E-state index contributed by atoms with van der Waals surface area (Å²) in [7, 11) is 0. The molecule has 0 radical (unpaired) electrons. The third-order valence-corrected chi connectivity index (χ3v) is 3.43. The summed E-state index contributed by atoms with van der Waals surface area (Å²) in [6.45, 7) is 1.07. The summed E-state index contributed by atoms with van der Waals surface area (Å²) in [5.74, 6) is 0. The number of rotatable bonds is 2. The first kappa shape index (κ1) is 12.4. The van der Waals surface area contributed by atoms with Crippen LogP contribution in [0.15, 0.2) is 18.9 Å². The fourth-order valence-corrected chi connectivity index (χ4v) is 2.35. The number of fused-ring (bicyclic) bond motifs is 1. The quantitative estimate of drug-likeness (QED) is 0.627. The van der Waals surface area contributed by atoms with Crippen LogP contribution in [0.5, 0.6) is 0 Å². The summed E-state index contributed by atoms with van der Waals surface area (Å²) in [6, 6.07) is 0. The standard InChI is InChI=1S/C11H14N4O4/c1-11(18)8(17)7(3-16)19-10(11)15-5-14-6-2-12-4-13-9(6)15/h2,4-5,7-8,10,16-18H,3H2,1H3/t7-,8?,10-,11+/m1/s1. The Bertz CT molecular complexity index is 599. The minimum atomic E-state index is -1.55. The number of hydrogen-bond donors (Lipinski definition) is 3. The van der Waals surface area contributed by atoms with Gasteiger partial charge in [0, 0.05) is 0 Å². The van der Waals surface area contributed by atoms with E-state index in [1.165, 1.54) is 24.1 Å². The fraction of sp³-hybridized carbons (Fsp3) is 0.545. The number of aliphatic hydroxyl groups is 3. The van der Waals surface area contributed by atoms with Crippen LogP contribution in [0.2, 0.25) is 0 Å².